The number of pyridine rings is 3. The summed E-state index contributed by atoms with van der Waals surface area (Å²) >= 11 is 0. The topological polar surface area (TPSA) is 20.6 Å². The molecule has 0 N–H and O–H groups in total. The first kappa shape index (κ1) is 34.0. The predicted molar refractivity (Wildman–Crippen MR) is 215 cm³/mol. The van der Waals surface area contributed by atoms with Crippen LogP contribution in [0.3, 0.4) is 0 Å². The van der Waals surface area contributed by atoms with E-state index in [4.69, 9.17) is 11.6 Å². The molecule has 260 valence electrons. The molecule has 0 saturated heterocycles. The average molecular weight is 690 g/mol. The third kappa shape index (κ3) is 6.57. The van der Waals surface area contributed by atoms with E-state index < -0.39 is 8.07 Å². The lowest BCUT2D eigenvalue weighted by Crippen LogP contribution is -2.54. The Labute approximate surface area is 307 Å². The Bertz CT molecular complexity index is 2080. The lowest BCUT2D eigenvalue weighted by atomic mass is 9.77. The maximum absolute atomic E-state index is 5.40. The lowest BCUT2D eigenvalue weighted by molar-refractivity contribution is -0.719. The fraction of sp³-hybridized carbons (Fsp3) is 0.383. The van der Waals surface area contributed by atoms with Crippen LogP contribution >= 0.6 is 0 Å². The molecule has 5 aromatic rings. The molecule has 2 aliphatic heterocycles. The van der Waals surface area contributed by atoms with E-state index >= 15 is 0 Å². The molecule has 0 radical (unpaired) electrons. The molecule has 8 rings (SSSR count). The summed E-state index contributed by atoms with van der Waals surface area (Å²) in [5.41, 5.74) is 14.3. The molecule has 3 aromatic heterocycles. The smallest absolute Gasteiger partial charge is 0.219 e. The van der Waals surface area contributed by atoms with Crippen LogP contribution in [-0.2, 0) is 12.8 Å². The van der Waals surface area contributed by atoms with Crippen molar-refractivity contribution < 1.29 is 9.13 Å². The van der Waals surface area contributed by atoms with E-state index in [2.05, 4.69) is 140 Å². The first-order chi connectivity index (χ1) is 24.7. The van der Waals surface area contributed by atoms with E-state index in [0.717, 1.165) is 30.9 Å². The molecule has 4 heteroatoms. The second kappa shape index (κ2) is 13.8. The Balaban J connectivity index is 1.31. The molecule has 5 heterocycles. The van der Waals surface area contributed by atoms with Gasteiger partial charge in [0, 0.05) is 40.1 Å². The zero-order valence-electron chi connectivity index (χ0n) is 31.5. The highest BCUT2D eigenvalue weighted by Crippen LogP contribution is 2.44. The van der Waals surface area contributed by atoms with Gasteiger partial charge in [-0.2, -0.15) is 9.13 Å². The number of hydrogen-bond donors (Lipinski definition) is 0. The highest BCUT2D eigenvalue weighted by Gasteiger charge is 2.44. The molecule has 51 heavy (non-hydrogen) atoms. The molecule has 0 spiro atoms. The zero-order valence-corrected chi connectivity index (χ0v) is 32.5. The van der Waals surface area contributed by atoms with E-state index in [0.29, 0.717) is 11.8 Å². The van der Waals surface area contributed by atoms with Gasteiger partial charge in [0.15, 0.2) is 24.1 Å². The summed E-state index contributed by atoms with van der Waals surface area (Å²) in [5, 5.41) is 1.64. The molecule has 3 aliphatic rings. The van der Waals surface area contributed by atoms with E-state index in [1.54, 1.807) is 10.8 Å². The van der Waals surface area contributed by atoms with Crippen LogP contribution in [0.2, 0.25) is 19.6 Å². The van der Waals surface area contributed by atoms with Gasteiger partial charge in [-0.05, 0) is 78.6 Å². The summed E-state index contributed by atoms with van der Waals surface area (Å²) in [5.74, 6) is 1.54. The highest BCUT2D eigenvalue weighted by molar-refractivity contribution is 6.89. The quantitative estimate of drug-likeness (QED) is 0.133. The van der Waals surface area contributed by atoms with Gasteiger partial charge in [0.2, 0.25) is 11.4 Å². The summed E-state index contributed by atoms with van der Waals surface area (Å²) in [6.07, 6.45) is 16.0. The van der Waals surface area contributed by atoms with Crippen molar-refractivity contribution in [1.82, 2.24) is 4.98 Å². The van der Waals surface area contributed by atoms with Gasteiger partial charge in [-0.25, -0.2) is 0 Å². The molecule has 3 nitrogen and oxygen atoms in total. The normalized spacial score (nSPS) is 19.1. The highest BCUT2D eigenvalue weighted by atomic mass is 28.3. The van der Waals surface area contributed by atoms with Gasteiger partial charge in [-0.3, -0.25) is 4.98 Å². The summed E-state index contributed by atoms with van der Waals surface area (Å²) in [6.45, 7) is 17.1. The molecule has 0 amide bonds. The second-order valence-electron chi connectivity index (χ2n) is 17.0. The van der Waals surface area contributed by atoms with Gasteiger partial charge < -0.3 is 0 Å². The van der Waals surface area contributed by atoms with Crippen molar-refractivity contribution in [1.29, 1.82) is 0 Å². The van der Waals surface area contributed by atoms with Gasteiger partial charge in [0.25, 0.3) is 0 Å². The minimum atomic E-state index is -1.65. The minimum Gasteiger partial charge on any atom is -0.257 e. The van der Waals surface area contributed by atoms with Crippen LogP contribution < -0.4 is 14.3 Å². The Morgan fingerprint density at radius 1 is 0.784 bits per heavy atom. The first-order valence-electron chi connectivity index (χ1n) is 19.6. The van der Waals surface area contributed by atoms with Crippen LogP contribution in [-0.4, -0.2) is 13.1 Å². The number of fused-ring (bicyclic) bond motifs is 9. The van der Waals surface area contributed by atoms with Crippen molar-refractivity contribution in [2.45, 2.75) is 109 Å². The SMILES string of the molecule is C=C1CC2C(CCc3nc(C(C)C)ccc3-c3ccc(-c4ccccc4)c[n+]31)c1ccccc1-c1cc(CC3CCCCC3)c([Si](C)(C)C)c[n+]12. The first-order valence-corrected chi connectivity index (χ1v) is 23.1. The largest absolute Gasteiger partial charge is 0.257 e. The van der Waals surface area contributed by atoms with E-state index in [1.165, 1.54) is 89.1 Å². The Morgan fingerprint density at radius 3 is 2.31 bits per heavy atom. The number of allylic oxidation sites excluding steroid dienone is 1. The molecule has 2 aromatic carbocycles. The average Bonchev–Trinajstić information content (AvgIpc) is 3.14. The third-order valence-electron chi connectivity index (χ3n) is 12.1. The van der Waals surface area contributed by atoms with Crippen LogP contribution in [0, 0.1) is 5.92 Å². The number of nitrogens with zero attached hydrogens (tertiary/aromatic N) is 3. The van der Waals surface area contributed by atoms with Crippen molar-refractivity contribution in [3.63, 3.8) is 0 Å². The number of aryl methyl sites for hydroxylation is 1. The minimum absolute atomic E-state index is 0.261. The van der Waals surface area contributed by atoms with Crippen molar-refractivity contribution in [2.75, 3.05) is 0 Å². The standard InChI is InChI=1S/C47H55N3Si/c1-32(2)42-24-23-41-43(48-42)25-22-40-38-19-13-14-20-39(38)46-29-37(28-34-15-9-7-10-16-34)47(51(4,5)6)31-50(46)45(40)27-33(3)49-30-36(21-26-44(41)49)35-17-11-8-12-18-35/h8,11-14,17-21,23-24,26,29-32,34,40,45H,3,7,9-10,15-16,22,25,27-28H2,1-2,4-6H3/q+2. The van der Waals surface area contributed by atoms with Gasteiger partial charge in [0.1, 0.15) is 0 Å². The summed E-state index contributed by atoms with van der Waals surface area (Å²) < 4.78 is 5.12. The van der Waals surface area contributed by atoms with E-state index in [1.807, 2.05) is 0 Å². The molecule has 2 unspecified atom stereocenters. The molecule has 0 bridgehead atoms. The Morgan fingerprint density at radius 2 is 1.55 bits per heavy atom. The van der Waals surface area contributed by atoms with Gasteiger partial charge in [-0.1, -0.05) is 114 Å². The molecule has 1 saturated carbocycles. The Kier molecular flexibility index (Phi) is 9.17. The fourth-order valence-electron chi connectivity index (χ4n) is 9.37. The molecule has 1 aliphatic carbocycles. The van der Waals surface area contributed by atoms with E-state index in [9.17, 15) is 0 Å². The van der Waals surface area contributed by atoms with Crippen molar-refractivity contribution >= 4 is 19.0 Å². The summed E-state index contributed by atoms with van der Waals surface area (Å²) in [7, 11) is -1.65. The second-order valence-corrected chi connectivity index (χ2v) is 22.0. The predicted octanol–water partition coefficient (Wildman–Crippen LogP) is 10.6. The Hall–Kier alpha value is -4.15. The summed E-state index contributed by atoms with van der Waals surface area (Å²) in [4.78, 5) is 5.40. The molecule has 2 atom stereocenters. The zero-order chi connectivity index (χ0) is 35.3. The van der Waals surface area contributed by atoms with Crippen molar-refractivity contribution in [3.05, 3.63) is 126 Å². The van der Waals surface area contributed by atoms with Gasteiger partial charge in [-0.15, -0.1) is 0 Å². The third-order valence-corrected chi connectivity index (χ3v) is 14.2. The number of aromatic nitrogens is 3. The number of rotatable bonds is 5. The maximum Gasteiger partial charge on any atom is 0.219 e. The van der Waals surface area contributed by atoms with Gasteiger partial charge >= 0.3 is 0 Å². The maximum atomic E-state index is 5.40. The van der Waals surface area contributed by atoms with Crippen LogP contribution in [0.1, 0.15) is 99.2 Å². The van der Waals surface area contributed by atoms with E-state index in [-0.39, 0.29) is 6.04 Å². The summed E-state index contributed by atoms with van der Waals surface area (Å²) in [6, 6.07) is 32.1. The lowest BCUT2D eigenvalue weighted by Gasteiger charge is -2.33. The van der Waals surface area contributed by atoms with Crippen LogP contribution in [0.5, 0.6) is 0 Å². The van der Waals surface area contributed by atoms with Crippen LogP contribution in [0.25, 0.3) is 39.3 Å². The molecule has 1 fully saturated rings. The van der Waals surface area contributed by atoms with Crippen LogP contribution in [0.4, 0.5) is 0 Å². The molecular formula is C47H55N3Si+2. The van der Waals surface area contributed by atoms with Crippen molar-refractivity contribution in [3.8, 4) is 33.6 Å². The molecular weight excluding hydrogens is 635 g/mol. The number of benzene rings is 2. The monoisotopic (exact) mass is 689 g/mol. The fourth-order valence-corrected chi connectivity index (χ4v) is 11.0. The van der Waals surface area contributed by atoms with Crippen LogP contribution in [0.15, 0.2) is 104 Å². The number of hydrogen-bond acceptors (Lipinski definition) is 1. The van der Waals surface area contributed by atoms with Crippen molar-refractivity contribution in [2.24, 2.45) is 5.92 Å². The van der Waals surface area contributed by atoms with Gasteiger partial charge in [0.05, 0.1) is 25.8 Å².